The van der Waals surface area contributed by atoms with Crippen molar-refractivity contribution in [3.05, 3.63) is 77.5 Å². The number of amides is 1. The molecule has 4 rings (SSSR count). The lowest BCUT2D eigenvalue weighted by atomic mass is 10.1. The van der Waals surface area contributed by atoms with Crippen LogP contribution in [0.5, 0.6) is 28.7 Å². The highest BCUT2D eigenvalue weighted by molar-refractivity contribution is 6.06. The number of halogens is 4. The summed E-state index contributed by atoms with van der Waals surface area (Å²) in [6, 6.07) is 7.67. The zero-order valence-electron chi connectivity index (χ0n) is 21.9. The number of rotatable bonds is 11. The molecule has 0 saturated heterocycles. The molecule has 1 aromatic heterocycles. The summed E-state index contributed by atoms with van der Waals surface area (Å²) in [7, 11) is 2.63. The Balaban J connectivity index is 1.59. The third-order valence-corrected chi connectivity index (χ3v) is 5.95. The van der Waals surface area contributed by atoms with Crippen molar-refractivity contribution in [2.24, 2.45) is 0 Å². The number of hydrogen-bond donors (Lipinski definition) is 1. The molecule has 3 aromatic carbocycles. The van der Waals surface area contributed by atoms with Gasteiger partial charge in [0.25, 0.3) is 5.91 Å². The van der Waals surface area contributed by atoms with E-state index < -0.39 is 34.9 Å². The number of methoxy groups -OCH3 is 2. The van der Waals surface area contributed by atoms with Crippen molar-refractivity contribution in [2.45, 2.75) is 26.2 Å². The third kappa shape index (κ3) is 6.19. The number of nitrogens with one attached hydrogen (secondary N) is 1. The van der Waals surface area contributed by atoms with Gasteiger partial charge in [-0.25, -0.2) is 17.6 Å². The second-order valence-electron chi connectivity index (χ2n) is 8.68. The normalized spacial score (nSPS) is 10.9. The second kappa shape index (κ2) is 12.5. The van der Waals surface area contributed by atoms with Gasteiger partial charge in [-0.05, 0) is 24.6 Å². The highest BCUT2D eigenvalue weighted by atomic mass is 19.2. The van der Waals surface area contributed by atoms with Gasteiger partial charge in [0, 0.05) is 41.5 Å². The number of unbranched alkanes of at least 4 members (excludes halogenated alkanes) is 2. The van der Waals surface area contributed by atoms with Crippen molar-refractivity contribution in [3.8, 4) is 28.7 Å². The fraction of sp³-hybridized carbons (Fsp3) is 0.241. The Morgan fingerprint density at radius 1 is 0.825 bits per heavy atom. The predicted molar refractivity (Wildman–Crippen MR) is 141 cm³/mol. The van der Waals surface area contributed by atoms with E-state index >= 15 is 8.78 Å². The van der Waals surface area contributed by atoms with Crippen LogP contribution in [0.4, 0.5) is 23.2 Å². The van der Waals surface area contributed by atoms with Crippen molar-refractivity contribution in [2.75, 3.05) is 26.1 Å². The van der Waals surface area contributed by atoms with Gasteiger partial charge in [-0.3, -0.25) is 9.78 Å². The Labute approximate surface area is 227 Å². The first-order chi connectivity index (χ1) is 19.2. The minimum absolute atomic E-state index is 0.0990. The van der Waals surface area contributed by atoms with E-state index in [0.29, 0.717) is 41.1 Å². The zero-order valence-corrected chi connectivity index (χ0v) is 21.9. The fourth-order valence-corrected chi connectivity index (χ4v) is 3.94. The van der Waals surface area contributed by atoms with Crippen molar-refractivity contribution >= 4 is 22.5 Å². The van der Waals surface area contributed by atoms with E-state index in [9.17, 15) is 13.6 Å². The van der Waals surface area contributed by atoms with Gasteiger partial charge in [-0.2, -0.15) is 0 Å². The number of aromatic nitrogens is 1. The molecule has 40 heavy (non-hydrogen) atoms. The molecule has 0 atom stereocenters. The lowest BCUT2D eigenvalue weighted by Crippen LogP contribution is -2.14. The topological polar surface area (TPSA) is 78.9 Å². The summed E-state index contributed by atoms with van der Waals surface area (Å²) in [5.41, 5.74) is -0.201. The minimum Gasteiger partial charge on any atom is -0.496 e. The van der Waals surface area contributed by atoms with Gasteiger partial charge in [0.1, 0.15) is 11.5 Å². The summed E-state index contributed by atoms with van der Waals surface area (Å²) < 4.78 is 79.0. The van der Waals surface area contributed by atoms with E-state index in [1.54, 1.807) is 12.1 Å². The smallest absolute Gasteiger partial charge is 0.259 e. The number of nitrogens with zero attached hydrogens (tertiary/aromatic N) is 1. The van der Waals surface area contributed by atoms with Crippen LogP contribution in [-0.4, -0.2) is 31.7 Å². The number of hydrogen-bond acceptors (Lipinski definition) is 6. The molecule has 0 saturated carbocycles. The maximum atomic E-state index is 15.0. The molecule has 11 heteroatoms. The summed E-state index contributed by atoms with van der Waals surface area (Å²) in [6.45, 7) is 2.58. The molecule has 0 aliphatic carbocycles. The molecule has 0 spiro atoms. The monoisotopic (exact) mass is 558 g/mol. The average molecular weight is 559 g/mol. The second-order valence-corrected chi connectivity index (χ2v) is 8.68. The molecule has 210 valence electrons. The van der Waals surface area contributed by atoms with E-state index in [4.69, 9.17) is 18.9 Å². The number of anilines is 1. The summed E-state index contributed by atoms with van der Waals surface area (Å²) >= 11 is 0. The summed E-state index contributed by atoms with van der Waals surface area (Å²) in [5.74, 6) is -5.74. The van der Waals surface area contributed by atoms with E-state index in [2.05, 4.69) is 17.2 Å². The van der Waals surface area contributed by atoms with Gasteiger partial charge in [0.2, 0.25) is 0 Å². The molecule has 0 bridgehead atoms. The molecule has 4 aromatic rings. The minimum atomic E-state index is -1.29. The SMILES string of the molecule is CCCCCOc1cc2nccc(Oc3c(F)cc(NC(=O)c4cc(F)c(F)cc4OC)cc3F)c2cc1OC. The number of carbonyl (C=O) groups excluding carboxylic acids is 1. The molecular weight excluding hydrogens is 532 g/mol. The molecule has 7 nitrogen and oxygen atoms in total. The Kier molecular flexibility index (Phi) is 8.93. The summed E-state index contributed by atoms with van der Waals surface area (Å²) in [4.78, 5) is 16.9. The number of benzene rings is 3. The van der Waals surface area contributed by atoms with Crippen molar-refractivity contribution in [1.82, 2.24) is 4.98 Å². The van der Waals surface area contributed by atoms with Gasteiger partial charge < -0.3 is 24.3 Å². The molecule has 0 radical (unpaired) electrons. The van der Waals surface area contributed by atoms with Crippen LogP contribution in [0.15, 0.2) is 48.7 Å². The molecule has 0 aliphatic rings. The third-order valence-electron chi connectivity index (χ3n) is 5.95. The highest BCUT2D eigenvalue weighted by Gasteiger charge is 2.21. The Hall–Kier alpha value is -4.54. The van der Waals surface area contributed by atoms with Crippen molar-refractivity contribution in [1.29, 1.82) is 0 Å². The molecule has 1 N–H and O–H groups in total. The van der Waals surface area contributed by atoms with Gasteiger partial charge in [0.15, 0.2) is 40.5 Å². The van der Waals surface area contributed by atoms with E-state index in [1.807, 2.05) is 0 Å². The van der Waals surface area contributed by atoms with Gasteiger partial charge in [-0.15, -0.1) is 0 Å². The van der Waals surface area contributed by atoms with Crippen LogP contribution in [0.3, 0.4) is 0 Å². The van der Waals surface area contributed by atoms with Crippen LogP contribution in [-0.2, 0) is 0 Å². The van der Waals surface area contributed by atoms with Crippen LogP contribution in [0.1, 0.15) is 36.5 Å². The Morgan fingerprint density at radius 3 is 2.20 bits per heavy atom. The van der Waals surface area contributed by atoms with E-state index in [1.165, 1.54) is 19.4 Å². The number of ether oxygens (including phenoxy) is 4. The zero-order chi connectivity index (χ0) is 28.8. The number of pyridine rings is 1. The molecule has 1 amide bonds. The molecular formula is C29H26F4N2O5. The first kappa shape index (κ1) is 28.5. The van der Waals surface area contributed by atoms with Crippen LogP contribution >= 0.6 is 0 Å². The molecule has 0 fully saturated rings. The maximum absolute atomic E-state index is 15.0. The lowest BCUT2D eigenvalue weighted by Gasteiger charge is -2.15. The Bertz CT molecular complexity index is 1520. The average Bonchev–Trinajstić information content (AvgIpc) is 2.93. The largest absolute Gasteiger partial charge is 0.496 e. The fourth-order valence-electron chi connectivity index (χ4n) is 3.94. The van der Waals surface area contributed by atoms with Gasteiger partial charge in [0.05, 0.1) is 31.9 Å². The lowest BCUT2D eigenvalue weighted by molar-refractivity contribution is 0.102. The summed E-state index contributed by atoms with van der Waals surface area (Å²) in [6.07, 6.45) is 4.36. The molecule has 0 unspecified atom stereocenters. The Morgan fingerprint density at radius 2 is 1.52 bits per heavy atom. The van der Waals surface area contributed by atoms with Crippen LogP contribution < -0.4 is 24.3 Å². The quantitative estimate of drug-likeness (QED) is 0.152. The van der Waals surface area contributed by atoms with E-state index in [-0.39, 0.29) is 22.7 Å². The molecule has 0 aliphatic heterocycles. The number of carbonyl (C=O) groups is 1. The first-order valence-electron chi connectivity index (χ1n) is 12.4. The standard InChI is InChI=1S/C29H26F4N2O5/c1-4-5-6-9-39-27-15-23-17(13-26(27)38-3)24(7-8-34-23)40-28-21(32)10-16(11-22(28)33)35-29(36)18-12-19(30)20(31)14-25(18)37-2/h7-8,10-15H,4-6,9H2,1-3H3,(H,35,36). The highest BCUT2D eigenvalue weighted by Crippen LogP contribution is 2.39. The molecule has 1 heterocycles. The van der Waals surface area contributed by atoms with Crippen molar-refractivity contribution < 1.29 is 41.3 Å². The number of fused-ring (bicyclic) bond motifs is 1. The summed E-state index contributed by atoms with van der Waals surface area (Å²) in [5, 5.41) is 2.66. The van der Waals surface area contributed by atoms with Gasteiger partial charge in [-0.1, -0.05) is 19.8 Å². The van der Waals surface area contributed by atoms with E-state index in [0.717, 1.165) is 38.5 Å². The maximum Gasteiger partial charge on any atom is 0.259 e. The predicted octanol–water partition coefficient (Wildman–Crippen LogP) is 7.42. The van der Waals surface area contributed by atoms with Crippen LogP contribution in [0.25, 0.3) is 10.9 Å². The van der Waals surface area contributed by atoms with Crippen LogP contribution in [0.2, 0.25) is 0 Å². The van der Waals surface area contributed by atoms with Crippen LogP contribution in [0, 0.1) is 23.3 Å². The van der Waals surface area contributed by atoms with Crippen molar-refractivity contribution in [3.63, 3.8) is 0 Å². The first-order valence-corrected chi connectivity index (χ1v) is 12.4. The van der Waals surface area contributed by atoms with Gasteiger partial charge >= 0.3 is 0 Å².